The van der Waals surface area contributed by atoms with Crippen molar-refractivity contribution in [1.29, 1.82) is 0 Å². The first-order chi connectivity index (χ1) is 7.75. The number of rotatable bonds is 0. The lowest BCUT2D eigenvalue weighted by atomic mass is 10.1. The molecule has 3 aromatic rings. The van der Waals surface area contributed by atoms with Crippen LogP contribution >= 0.6 is 0 Å². The van der Waals surface area contributed by atoms with Gasteiger partial charge in [0.15, 0.2) is 0 Å². The molecule has 1 aromatic heterocycles. The highest BCUT2D eigenvalue weighted by Crippen LogP contribution is 2.20. The van der Waals surface area contributed by atoms with Crippen LogP contribution in [0.5, 0.6) is 5.75 Å². The van der Waals surface area contributed by atoms with Crippen LogP contribution in [0.3, 0.4) is 0 Å². The summed E-state index contributed by atoms with van der Waals surface area (Å²) in [5, 5.41) is 12.1. The van der Waals surface area contributed by atoms with Crippen molar-refractivity contribution in [3.8, 4) is 5.75 Å². The first kappa shape index (κ1) is 8.97. The van der Waals surface area contributed by atoms with Crippen molar-refractivity contribution in [2.24, 2.45) is 0 Å². The Hall–Kier alpha value is -2.29. The monoisotopic (exact) mass is 211 g/mol. The summed E-state index contributed by atoms with van der Waals surface area (Å²) in [4.78, 5) is 12.0. The lowest BCUT2D eigenvalue weighted by molar-refractivity contribution is -0.268. The average Bonchev–Trinajstić information content (AvgIpc) is 2.29. The van der Waals surface area contributed by atoms with Gasteiger partial charge in [0, 0.05) is 0 Å². The molecule has 3 heteroatoms. The van der Waals surface area contributed by atoms with Crippen LogP contribution in [-0.2, 0) is 0 Å². The molecule has 78 valence electrons. The van der Waals surface area contributed by atoms with Crippen LogP contribution in [0.2, 0.25) is 0 Å². The summed E-state index contributed by atoms with van der Waals surface area (Å²) in [6, 6.07) is 11.2. The molecule has 0 spiro atoms. The Bertz CT molecular complexity index is 741. The van der Waals surface area contributed by atoms with E-state index < -0.39 is 0 Å². The fraction of sp³-hybridized carbons (Fsp3) is 0. The first-order valence-electron chi connectivity index (χ1n) is 4.88. The summed E-state index contributed by atoms with van der Waals surface area (Å²) in [7, 11) is 0. The van der Waals surface area contributed by atoms with E-state index in [-0.39, 0.29) is 11.2 Å². The van der Waals surface area contributed by atoms with Gasteiger partial charge in [-0.2, -0.15) is 0 Å². The molecule has 0 saturated carbocycles. The van der Waals surface area contributed by atoms with E-state index in [0.29, 0.717) is 21.9 Å². The van der Waals surface area contributed by atoms with Crippen molar-refractivity contribution in [2.45, 2.75) is 0 Å². The maximum absolute atomic E-state index is 12.0. The van der Waals surface area contributed by atoms with E-state index in [0.717, 1.165) is 0 Å². The Kier molecular flexibility index (Phi) is 1.74. The zero-order chi connectivity index (χ0) is 11.1. The van der Waals surface area contributed by atoms with E-state index in [1.165, 1.54) is 18.2 Å². The molecule has 0 N–H and O–H groups in total. The molecule has 0 unspecified atom stereocenters. The summed E-state index contributed by atoms with van der Waals surface area (Å²) in [5.74, 6) is -0.161. The van der Waals surface area contributed by atoms with Crippen molar-refractivity contribution in [1.82, 2.24) is 0 Å². The molecule has 0 amide bonds. The van der Waals surface area contributed by atoms with Crippen molar-refractivity contribution in [3.05, 3.63) is 52.7 Å². The smallest absolute Gasteiger partial charge is 0.200 e. The molecule has 16 heavy (non-hydrogen) atoms. The van der Waals surface area contributed by atoms with Crippen molar-refractivity contribution < 1.29 is 9.52 Å². The molecule has 0 bridgehead atoms. The second-order valence-electron chi connectivity index (χ2n) is 3.59. The molecular weight excluding hydrogens is 204 g/mol. The molecule has 0 aliphatic rings. The number of benzene rings is 2. The van der Waals surface area contributed by atoms with Crippen LogP contribution in [0.15, 0.2) is 51.7 Å². The lowest BCUT2D eigenvalue weighted by Gasteiger charge is -2.06. The van der Waals surface area contributed by atoms with Gasteiger partial charge in [0.2, 0.25) is 5.43 Å². The van der Waals surface area contributed by atoms with Gasteiger partial charge in [-0.3, -0.25) is 4.79 Å². The van der Waals surface area contributed by atoms with E-state index in [1.807, 2.05) is 0 Å². The topological polar surface area (TPSA) is 53.3 Å². The molecule has 0 saturated heterocycles. The quantitative estimate of drug-likeness (QED) is 0.534. The fourth-order valence-electron chi connectivity index (χ4n) is 1.78. The van der Waals surface area contributed by atoms with Crippen molar-refractivity contribution in [2.75, 3.05) is 0 Å². The van der Waals surface area contributed by atoms with Crippen LogP contribution in [-0.4, -0.2) is 0 Å². The van der Waals surface area contributed by atoms with Crippen LogP contribution in [0.1, 0.15) is 0 Å². The largest absolute Gasteiger partial charge is 0.872 e. The third-order valence-electron chi connectivity index (χ3n) is 2.55. The highest BCUT2D eigenvalue weighted by Gasteiger charge is 2.05. The number of hydrogen-bond donors (Lipinski definition) is 0. The minimum Gasteiger partial charge on any atom is -0.872 e. The lowest BCUT2D eigenvalue weighted by Crippen LogP contribution is -2.02. The normalized spacial score (nSPS) is 11.0. The fourth-order valence-corrected chi connectivity index (χ4v) is 1.78. The first-order valence-corrected chi connectivity index (χ1v) is 4.88. The van der Waals surface area contributed by atoms with Gasteiger partial charge in [-0.15, -0.1) is 5.75 Å². The number of fused-ring (bicyclic) bond motifs is 2. The average molecular weight is 211 g/mol. The second kappa shape index (κ2) is 3.10. The van der Waals surface area contributed by atoms with Crippen LogP contribution in [0.4, 0.5) is 0 Å². The summed E-state index contributed by atoms with van der Waals surface area (Å²) in [6.07, 6.45) is 0. The Morgan fingerprint density at radius 2 is 1.69 bits per heavy atom. The Morgan fingerprint density at radius 1 is 0.938 bits per heavy atom. The molecule has 0 fully saturated rings. The minimum atomic E-state index is -0.161. The van der Waals surface area contributed by atoms with Gasteiger partial charge in [-0.1, -0.05) is 18.2 Å². The summed E-state index contributed by atoms with van der Waals surface area (Å²) < 4.78 is 5.51. The zero-order valence-electron chi connectivity index (χ0n) is 8.27. The van der Waals surface area contributed by atoms with Crippen LogP contribution < -0.4 is 10.5 Å². The molecule has 0 radical (unpaired) electrons. The molecule has 0 aliphatic heterocycles. The van der Waals surface area contributed by atoms with Crippen LogP contribution in [0, 0.1) is 0 Å². The number of hydrogen-bond acceptors (Lipinski definition) is 3. The van der Waals surface area contributed by atoms with E-state index in [4.69, 9.17) is 4.42 Å². The summed E-state index contributed by atoms with van der Waals surface area (Å²) in [6.45, 7) is 0. The summed E-state index contributed by atoms with van der Waals surface area (Å²) in [5.41, 5.74) is 0.749. The third kappa shape index (κ3) is 1.18. The maximum Gasteiger partial charge on any atom is 0.200 e. The summed E-state index contributed by atoms with van der Waals surface area (Å²) >= 11 is 0. The van der Waals surface area contributed by atoms with Gasteiger partial charge in [0.25, 0.3) is 0 Å². The van der Waals surface area contributed by atoms with Crippen molar-refractivity contribution >= 4 is 21.9 Å². The van der Waals surface area contributed by atoms with Crippen molar-refractivity contribution in [3.63, 3.8) is 0 Å². The van der Waals surface area contributed by atoms with Gasteiger partial charge in [0.1, 0.15) is 11.2 Å². The van der Waals surface area contributed by atoms with E-state index in [9.17, 15) is 9.90 Å². The van der Waals surface area contributed by atoms with Gasteiger partial charge in [0.05, 0.1) is 10.8 Å². The van der Waals surface area contributed by atoms with E-state index >= 15 is 0 Å². The zero-order valence-corrected chi connectivity index (χ0v) is 8.27. The highest BCUT2D eigenvalue weighted by atomic mass is 16.3. The van der Waals surface area contributed by atoms with Gasteiger partial charge in [-0.05, 0) is 24.3 Å². The van der Waals surface area contributed by atoms with Crippen LogP contribution in [0.25, 0.3) is 21.9 Å². The minimum absolute atomic E-state index is 0.100. The second-order valence-corrected chi connectivity index (χ2v) is 3.59. The molecule has 3 rings (SSSR count). The standard InChI is InChI=1S/C13H8O3/c14-8-5-6-10-12(7-8)16-11-4-2-1-3-9(11)13(10)15/h1-7,14H/p-1. The predicted octanol–water partition coefficient (Wildman–Crippen LogP) is 2.02. The maximum atomic E-state index is 12.0. The number of para-hydroxylation sites is 1. The van der Waals surface area contributed by atoms with E-state index in [1.54, 1.807) is 24.3 Å². The van der Waals surface area contributed by atoms with Gasteiger partial charge < -0.3 is 9.52 Å². The Balaban J connectivity index is 2.61. The Morgan fingerprint density at radius 3 is 2.56 bits per heavy atom. The molecule has 3 nitrogen and oxygen atoms in total. The molecule has 2 aromatic carbocycles. The van der Waals surface area contributed by atoms with Gasteiger partial charge >= 0.3 is 0 Å². The highest BCUT2D eigenvalue weighted by molar-refractivity contribution is 5.89. The Labute approximate surface area is 90.6 Å². The molecule has 0 atom stereocenters. The van der Waals surface area contributed by atoms with Gasteiger partial charge in [-0.25, -0.2) is 0 Å². The van der Waals surface area contributed by atoms with E-state index in [2.05, 4.69) is 0 Å². The third-order valence-corrected chi connectivity index (χ3v) is 2.55. The SMILES string of the molecule is O=c1c2ccccc2oc2cc([O-])ccc12. The molecular formula is C13H7O3-. The molecule has 1 heterocycles. The molecule has 0 aliphatic carbocycles. The predicted molar refractivity (Wildman–Crippen MR) is 59.4 cm³/mol.